The molecule has 0 fully saturated rings. The summed E-state index contributed by atoms with van der Waals surface area (Å²) in [4.78, 5) is 0. The number of halogens is 1. The van der Waals surface area contributed by atoms with E-state index in [1.807, 2.05) is 24.3 Å². The highest BCUT2D eigenvalue weighted by Gasteiger charge is 2.14. The molecule has 0 bridgehead atoms. The average molecular weight is 279 g/mol. The Balaban J connectivity index is 2.59. The number of hydrogen-bond acceptors (Lipinski definition) is 1. The molecule has 84 valence electrons. The molecule has 0 amide bonds. The molecule has 0 aromatic heterocycles. The molecule has 2 rings (SSSR count). The fourth-order valence-electron chi connectivity index (χ4n) is 1.65. The van der Waals surface area contributed by atoms with Crippen LogP contribution in [0.5, 0.6) is 5.75 Å². The highest BCUT2D eigenvalue weighted by atomic mass is 79.9. The Morgan fingerprint density at radius 1 is 0.938 bits per heavy atom. The topological polar surface area (TPSA) is 9.23 Å². The Labute approximate surface area is 105 Å². The van der Waals surface area contributed by atoms with Crippen LogP contribution in [0.15, 0.2) is 40.9 Å². The van der Waals surface area contributed by atoms with Crippen LogP contribution in [-0.4, -0.2) is 5.60 Å². The summed E-state index contributed by atoms with van der Waals surface area (Å²) in [5.41, 5.74) is -0.170. The molecule has 1 nitrogen and oxygen atoms in total. The summed E-state index contributed by atoms with van der Waals surface area (Å²) < 4.78 is 7.05. The van der Waals surface area contributed by atoms with Gasteiger partial charge >= 0.3 is 0 Å². The van der Waals surface area contributed by atoms with Crippen molar-refractivity contribution in [2.45, 2.75) is 26.4 Å². The van der Waals surface area contributed by atoms with Crippen molar-refractivity contribution in [2.75, 3.05) is 0 Å². The van der Waals surface area contributed by atoms with Crippen LogP contribution in [0.3, 0.4) is 0 Å². The molecule has 2 heteroatoms. The molecule has 0 N–H and O–H groups in total. The second kappa shape index (κ2) is 4.10. The second-order valence-corrected chi connectivity index (χ2v) is 5.66. The van der Waals surface area contributed by atoms with E-state index in [1.165, 1.54) is 5.39 Å². The Bertz CT molecular complexity index is 512. The normalized spacial score (nSPS) is 11.8. The number of benzene rings is 2. The molecule has 0 spiro atoms. The van der Waals surface area contributed by atoms with Crippen LogP contribution in [0.2, 0.25) is 0 Å². The van der Waals surface area contributed by atoms with Gasteiger partial charge in [0.1, 0.15) is 11.4 Å². The van der Waals surface area contributed by atoms with Crippen LogP contribution < -0.4 is 4.74 Å². The minimum atomic E-state index is -0.170. The number of fused-ring (bicyclic) bond motifs is 1. The molecule has 2 aromatic carbocycles. The molecule has 16 heavy (non-hydrogen) atoms. The monoisotopic (exact) mass is 278 g/mol. The molecule has 0 aliphatic carbocycles. The predicted molar refractivity (Wildman–Crippen MR) is 72.0 cm³/mol. The Hall–Kier alpha value is -1.02. The average Bonchev–Trinajstić information content (AvgIpc) is 2.21. The molecule has 0 unspecified atom stereocenters. The van der Waals surface area contributed by atoms with E-state index in [0.29, 0.717) is 0 Å². The van der Waals surface area contributed by atoms with E-state index in [4.69, 9.17) is 4.74 Å². The summed E-state index contributed by atoms with van der Waals surface area (Å²) in [5, 5.41) is 2.33. The molecule has 0 saturated heterocycles. The molecular formula is C14H15BrO. The lowest BCUT2D eigenvalue weighted by Crippen LogP contribution is -2.23. The third-order valence-corrected chi connectivity index (χ3v) is 2.94. The van der Waals surface area contributed by atoms with Gasteiger partial charge in [0.05, 0.1) is 0 Å². The SMILES string of the molecule is CC(C)(C)Oc1ccc(Br)c2ccccc12. The maximum atomic E-state index is 5.95. The maximum Gasteiger partial charge on any atom is 0.127 e. The van der Waals surface area contributed by atoms with Gasteiger partial charge < -0.3 is 4.74 Å². The molecule has 0 aliphatic rings. The number of ether oxygens (including phenoxy) is 1. The molecule has 0 heterocycles. The zero-order chi connectivity index (χ0) is 11.8. The van der Waals surface area contributed by atoms with Crippen molar-refractivity contribution < 1.29 is 4.74 Å². The quantitative estimate of drug-likeness (QED) is 0.730. The first-order valence-electron chi connectivity index (χ1n) is 5.34. The third-order valence-electron chi connectivity index (χ3n) is 2.25. The number of rotatable bonds is 1. The summed E-state index contributed by atoms with van der Waals surface area (Å²) >= 11 is 3.56. The lowest BCUT2D eigenvalue weighted by Gasteiger charge is -2.22. The lowest BCUT2D eigenvalue weighted by atomic mass is 10.1. The van der Waals surface area contributed by atoms with Crippen molar-refractivity contribution in [1.29, 1.82) is 0 Å². The van der Waals surface area contributed by atoms with Gasteiger partial charge in [-0.05, 0) is 38.3 Å². The third kappa shape index (κ3) is 2.38. The lowest BCUT2D eigenvalue weighted by molar-refractivity contribution is 0.133. The highest BCUT2D eigenvalue weighted by Crippen LogP contribution is 2.33. The van der Waals surface area contributed by atoms with E-state index in [2.05, 4.69) is 48.8 Å². The smallest absolute Gasteiger partial charge is 0.127 e. The minimum absolute atomic E-state index is 0.170. The molecule has 0 radical (unpaired) electrons. The van der Waals surface area contributed by atoms with E-state index in [0.717, 1.165) is 15.6 Å². The van der Waals surface area contributed by atoms with Gasteiger partial charge in [-0.3, -0.25) is 0 Å². The summed E-state index contributed by atoms with van der Waals surface area (Å²) in [6.07, 6.45) is 0. The summed E-state index contributed by atoms with van der Waals surface area (Å²) in [7, 11) is 0. The standard InChI is InChI=1S/C14H15BrO/c1-14(2,3)16-13-9-8-12(15)10-6-4-5-7-11(10)13/h4-9H,1-3H3. The van der Waals surface area contributed by atoms with Gasteiger partial charge in [-0.2, -0.15) is 0 Å². The van der Waals surface area contributed by atoms with Crippen LogP contribution in [0.25, 0.3) is 10.8 Å². The van der Waals surface area contributed by atoms with Crippen LogP contribution in [0.1, 0.15) is 20.8 Å². The first-order valence-corrected chi connectivity index (χ1v) is 6.13. The van der Waals surface area contributed by atoms with Crippen molar-refractivity contribution in [2.24, 2.45) is 0 Å². The fourth-order valence-corrected chi connectivity index (χ4v) is 2.13. The Morgan fingerprint density at radius 2 is 1.56 bits per heavy atom. The number of hydrogen-bond donors (Lipinski definition) is 0. The van der Waals surface area contributed by atoms with Gasteiger partial charge in [-0.15, -0.1) is 0 Å². The van der Waals surface area contributed by atoms with Gasteiger partial charge in [0.2, 0.25) is 0 Å². The van der Waals surface area contributed by atoms with Crippen LogP contribution in [0.4, 0.5) is 0 Å². The van der Waals surface area contributed by atoms with E-state index in [-0.39, 0.29) is 5.60 Å². The predicted octanol–water partition coefficient (Wildman–Crippen LogP) is 4.78. The first-order chi connectivity index (χ1) is 7.47. The van der Waals surface area contributed by atoms with Crippen molar-refractivity contribution in [3.8, 4) is 5.75 Å². The Morgan fingerprint density at radius 3 is 2.19 bits per heavy atom. The zero-order valence-electron chi connectivity index (χ0n) is 9.75. The van der Waals surface area contributed by atoms with Crippen molar-refractivity contribution in [1.82, 2.24) is 0 Å². The summed E-state index contributed by atoms with van der Waals surface area (Å²) in [6, 6.07) is 12.3. The molecule has 2 aromatic rings. The second-order valence-electron chi connectivity index (χ2n) is 4.81. The van der Waals surface area contributed by atoms with E-state index >= 15 is 0 Å². The van der Waals surface area contributed by atoms with Crippen LogP contribution >= 0.6 is 15.9 Å². The fraction of sp³-hybridized carbons (Fsp3) is 0.286. The Kier molecular flexibility index (Phi) is 2.94. The van der Waals surface area contributed by atoms with Crippen molar-refractivity contribution in [3.63, 3.8) is 0 Å². The zero-order valence-corrected chi connectivity index (χ0v) is 11.3. The molecular weight excluding hydrogens is 264 g/mol. The van der Waals surface area contributed by atoms with Crippen molar-refractivity contribution >= 4 is 26.7 Å². The summed E-state index contributed by atoms with van der Waals surface area (Å²) in [6.45, 7) is 6.18. The minimum Gasteiger partial charge on any atom is -0.488 e. The summed E-state index contributed by atoms with van der Waals surface area (Å²) in [5.74, 6) is 0.936. The highest BCUT2D eigenvalue weighted by molar-refractivity contribution is 9.10. The maximum absolute atomic E-state index is 5.95. The largest absolute Gasteiger partial charge is 0.488 e. The molecule has 0 atom stereocenters. The van der Waals surface area contributed by atoms with Crippen LogP contribution in [-0.2, 0) is 0 Å². The first kappa shape index (κ1) is 11.5. The van der Waals surface area contributed by atoms with Gasteiger partial charge in [0, 0.05) is 9.86 Å². The molecule has 0 saturated carbocycles. The van der Waals surface area contributed by atoms with Gasteiger partial charge in [0.15, 0.2) is 0 Å². The van der Waals surface area contributed by atoms with Crippen molar-refractivity contribution in [3.05, 3.63) is 40.9 Å². The van der Waals surface area contributed by atoms with E-state index in [9.17, 15) is 0 Å². The van der Waals surface area contributed by atoms with Crippen LogP contribution in [0, 0.1) is 0 Å². The van der Waals surface area contributed by atoms with Gasteiger partial charge in [-0.1, -0.05) is 40.2 Å². The van der Waals surface area contributed by atoms with E-state index < -0.39 is 0 Å². The van der Waals surface area contributed by atoms with E-state index in [1.54, 1.807) is 0 Å². The molecule has 0 aliphatic heterocycles. The van der Waals surface area contributed by atoms with Gasteiger partial charge in [0.25, 0.3) is 0 Å². The van der Waals surface area contributed by atoms with Gasteiger partial charge in [-0.25, -0.2) is 0 Å².